The van der Waals surface area contributed by atoms with Gasteiger partial charge in [0.15, 0.2) is 0 Å². The average molecular weight is 206 g/mol. The number of benzene rings is 1. The maximum atomic E-state index is 2.30. The molecule has 0 bridgehead atoms. The van der Waals surface area contributed by atoms with Crippen molar-refractivity contribution >= 4 is 11.8 Å². The monoisotopic (exact) mass is 206 g/mol. The lowest BCUT2D eigenvalue weighted by Crippen LogP contribution is -2.12. The zero-order chi connectivity index (χ0) is 10.2. The zero-order valence-corrected chi connectivity index (χ0v) is 10.0. The summed E-state index contributed by atoms with van der Waals surface area (Å²) in [6.07, 6.45) is 1.36. The maximum absolute atomic E-state index is 2.30. The Morgan fingerprint density at radius 3 is 2.07 bits per heavy atom. The van der Waals surface area contributed by atoms with Gasteiger partial charge in [-0.2, -0.15) is 11.8 Å². The van der Waals surface area contributed by atoms with Crippen LogP contribution in [0.1, 0.15) is 43.6 Å². The molecule has 1 unspecified atom stereocenters. The molecule has 1 aromatic rings. The Hall–Kier alpha value is -0.430. The number of hydrogen-bond acceptors (Lipinski definition) is 1. The summed E-state index contributed by atoms with van der Waals surface area (Å²) in [6, 6.07) is 9.18. The fourth-order valence-corrected chi connectivity index (χ4v) is 2.52. The summed E-state index contributed by atoms with van der Waals surface area (Å²) in [4.78, 5) is 0. The first-order valence-corrected chi connectivity index (χ1v) is 6.34. The van der Waals surface area contributed by atoms with E-state index in [4.69, 9.17) is 0 Å². The van der Waals surface area contributed by atoms with E-state index in [9.17, 15) is 0 Å². The Labute approximate surface area is 91.1 Å². The van der Waals surface area contributed by atoms with E-state index in [1.807, 2.05) is 0 Å². The fourth-order valence-electron chi connectivity index (χ4n) is 1.70. The lowest BCUT2D eigenvalue weighted by atomic mass is 9.86. The second-order valence-electron chi connectivity index (χ2n) is 5.02. The summed E-state index contributed by atoms with van der Waals surface area (Å²) in [7, 11) is 0. The van der Waals surface area contributed by atoms with Crippen LogP contribution in [0.4, 0.5) is 0 Å². The van der Waals surface area contributed by atoms with Crippen LogP contribution >= 0.6 is 11.8 Å². The van der Waals surface area contributed by atoms with Crippen molar-refractivity contribution in [1.29, 1.82) is 0 Å². The summed E-state index contributed by atoms with van der Waals surface area (Å²) < 4.78 is 0. The van der Waals surface area contributed by atoms with Gasteiger partial charge in [0.2, 0.25) is 0 Å². The Kier molecular flexibility index (Phi) is 2.61. The van der Waals surface area contributed by atoms with E-state index in [0.29, 0.717) is 0 Å². The molecule has 14 heavy (non-hydrogen) atoms. The van der Waals surface area contributed by atoms with Gasteiger partial charge in [-0.05, 0) is 28.7 Å². The van der Waals surface area contributed by atoms with Gasteiger partial charge in [0.25, 0.3) is 0 Å². The van der Waals surface area contributed by atoms with Crippen molar-refractivity contribution in [1.82, 2.24) is 0 Å². The third-order valence-corrected chi connectivity index (χ3v) is 4.23. The number of rotatable bonds is 1. The molecule has 0 aromatic heterocycles. The Morgan fingerprint density at radius 2 is 1.71 bits per heavy atom. The van der Waals surface area contributed by atoms with Crippen LogP contribution in [0.15, 0.2) is 24.3 Å². The minimum absolute atomic E-state index is 0.283. The van der Waals surface area contributed by atoms with Gasteiger partial charge in [0.1, 0.15) is 0 Å². The molecule has 1 heterocycles. The second kappa shape index (κ2) is 3.62. The van der Waals surface area contributed by atoms with Crippen molar-refractivity contribution in [3.63, 3.8) is 0 Å². The standard InChI is InChI=1S/C13H18S/c1-13(2,3)11-6-4-10(5-7-11)12-8-9-14-12/h4-7,12H,8-9H2,1-3H3. The van der Waals surface area contributed by atoms with Crippen LogP contribution in [-0.4, -0.2) is 5.75 Å². The third-order valence-electron chi connectivity index (χ3n) is 2.85. The van der Waals surface area contributed by atoms with Crippen molar-refractivity contribution in [2.24, 2.45) is 0 Å². The van der Waals surface area contributed by atoms with Gasteiger partial charge in [-0.15, -0.1) is 0 Å². The van der Waals surface area contributed by atoms with Gasteiger partial charge in [-0.25, -0.2) is 0 Å². The molecule has 1 fully saturated rings. The molecule has 0 spiro atoms. The predicted octanol–water partition coefficient (Wildman–Crippen LogP) is 4.16. The second-order valence-corrected chi connectivity index (χ2v) is 6.33. The van der Waals surface area contributed by atoms with Gasteiger partial charge < -0.3 is 0 Å². The molecule has 1 aromatic carbocycles. The molecule has 76 valence electrons. The minimum Gasteiger partial charge on any atom is -0.154 e. The molecule has 0 aliphatic carbocycles. The Morgan fingerprint density at radius 1 is 1.14 bits per heavy atom. The highest BCUT2D eigenvalue weighted by Crippen LogP contribution is 2.42. The van der Waals surface area contributed by atoms with E-state index < -0.39 is 0 Å². The largest absolute Gasteiger partial charge is 0.154 e. The van der Waals surface area contributed by atoms with E-state index in [1.165, 1.54) is 23.3 Å². The van der Waals surface area contributed by atoms with Crippen LogP contribution in [0.25, 0.3) is 0 Å². The molecule has 1 saturated heterocycles. The summed E-state index contributed by atoms with van der Waals surface area (Å²) in [5.74, 6) is 1.34. The molecule has 1 aliphatic rings. The number of thioether (sulfide) groups is 1. The first kappa shape index (κ1) is 10.1. The van der Waals surface area contributed by atoms with E-state index in [2.05, 4.69) is 56.8 Å². The van der Waals surface area contributed by atoms with Crippen LogP contribution in [-0.2, 0) is 5.41 Å². The maximum Gasteiger partial charge on any atom is 0.0305 e. The van der Waals surface area contributed by atoms with Crippen molar-refractivity contribution < 1.29 is 0 Å². The van der Waals surface area contributed by atoms with E-state index in [-0.39, 0.29) is 5.41 Å². The molecular formula is C13H18S. The molecule has 2 rings (SSSR count). The first-order chi connectivity index (χ1) is 6.57. The quantitative estimate of drug-likeness (QED) is 0.665. The van der Waals surface area contributed by atoms with Crippen molar-refractivity contribution in [2.45, 2.75) is 37.9 Å². The molecule has 0 amide bonds. The summed E-state index contributed by atoms with van der Waals surface area (Å²) in [5, 5.41) is 0.781. The smallest absolute Gasteiger partial charge is 0.0305 e. The fraction of sp³-hybridized carbons (Fsp3) is 0.538. The number of hydrogen-bond donors (Lipinski definition) is 0. The van der Waals surface area contributed by atoms with Gasteiger partial charge in [-0.1, -0.05) is 45.0 Å². The van der Waals surface area contributed by atoms with Crippen molar-refractivity contribution in [3.8, 4) is 0 Å². The molecule has 1 heteroatoms. The molecule has 0 nitrogen and oxygen atoms in total. The van der Waals surface area contributed by atoms with Crippen molar-refractivity contribution in [3.05, 3.63) is 35.4 Å². The lowest BCUT2D eigenvalue weighted by molar-refractivity contribution is 0.590. The molecular weight excluding hydrogens is 188 g/mol. The SMILES string of the molecule is CC(C)(C)c1ccc(C2CCS2)cc1. The van der Waals surface area contributed by atoms with Crippen molar-refractivity contribution in [2.75, 3.05) is 5.75 Å². The lowest BCUT2D eigenvalue weighted by Gasteiger charge is -2.26. The average Bonchev–Trinajstić information content (AvgIpc) is 2.00. The highest BCUT2D eigenvalue weighted by Gasteiger charge is 2.20. The topological polar surface area (TPSA) is 0 Å². The minimum atomic E-state index is 0.283. The van der Waals surface area contributed by atoms with Gasteiger partial charge in [0.05, 0.1) is 0 Å². The van der Waals surface area contributed by atoms with E-state index in [0.717, 1.165) is 5.25 Å². The van der Waals surface area contributed by atoms with E-state index >= 15 is 0 Å². The highest BCUT2D eigenvalue weighted by atomic mass is 32.2. The third kappa shape index (κ3) is 1.98. The molecule has 0 radical (unpaired) electrons. The summed E-state index contributed by atoms with van der Waals surface area (Å²) in [6.45, 7) is 6.79. The molecule has 0 saturated carbocycles. The highest BCUT2D eigenvalue weighted by molar-refractivity contribution is 8.00. The first-order valence-electron chi connectivity index (χ1n) is 5.29. The molecule has 1 aliphatic heterocycles. The van der Waals surface area contributed by atoms with E-state index in [1.54, 1.807) is 0 Å². The van der Waals surface area contributed by atoms with Crippen LogP contribution in [0.3, 0.4) is 0 Å². The normalized spacial score (nSPS) is 21.8. The van der Waals surface area contributed by atoms with Crippen LogP contribution < -0.4 is 0 Å². The Balaban J connectivity index is 2.17. The summed E-state index contributed by atoms with van der Waals surface area (Å²) in [5.41, 5.74) is 3.23. The van der Waals surface area contributed by atoms with Crippen LogP contribution in [0, 0.1) is 0 Å². The van der Waals surface area contributed by atoms with Crippen LogP contribution in [0.5, 0.6) is 0 Å². The van der Waals surface area contributed by atoms with Crippen LogP contribution in [0.2, 0.25) is 0 Å². The van der Waals surface area contributed by atoms with Gasteiger partial charge in [-0.3, -0.25) is 0 Å². The molecule has 1 atom stereocenters. The predicted molar refractivity (Wildman–Crippen MR) is 65.0 cm³/mol. The molecule has 0 N–H and O–H groups in total. The van der Waals surface area contributed by atoms with Gasteiger partial charge >= 0.3 is 0 Å². The Bertz CT molecular complexity index is 301. The zero-order valence-electron chi connectivity index (χ0n) is 9.21. The van der Waals surface area contributed by atoms with Gasteiger partial charge in [0, 0.05) is 5.25 Å². The summed E-state index contributed by atoms with van der Waals surface area (Å²) >= 11 is 2.07.